The molecule has 1 amide bonds. The van der Waals surface area contributed by atoms with Gasteiger partial charge in [0.1, 0.15) is 17.4 Å². The highest BCUT2D eigenvalue weighted by atomic mass is 32.1. The van der Waals surface area contributed by atoms with Crippen molar-refractivity contribution in [3.63, 3.8) is 0 Å². The molecule has 0 saturated carbocycles. The number of carbonyl (C=O) groups is 1. The number of aromatic nitrogens is 1. The number of nitrogens with zero attached hydrogens (tertiary/aromatic N) is 2. The van der Waals surface area contributed by atoms with Crippen LogP contribution in [0.2, 0.25) is 0 Å². The number of ether oxygens (including phenoxy) is 1. The summed E-state index contributed by atoms with van der Waals surface area (Å²) in [6.45, 7) is 1.29. The topological polar surface area (TPSA) is 42.4 Å². The zero-order valence-corrected chi connectivity index (χ0v) is 16.6. The van der Waals surface area contributed by atoms with Gasteiger partial charge >= 0.3 is 0 Å². The molecule has 5 heteroatoms. The van der Waals surface area contributed by atoms with Gasteiger partial charge in [0.05, 0.1) is 6.54 Å². The summed E-state index contributed by atoms with van der Waals surface area (Å²) in [6, 6.07) is 21.9. The third kappa shape index (κ3) is 3.61. The van der Waals surface area contributed by atoms with Gasteiger partial charge in [-0.3, -0.25) is 9.78 Å². The molecule has 0 unspecified atom stereocenters. The van der Waals surface area contributed by atoms with E-state index in [1.165, 1.54) is 4.88 Å². The van der Waals surface area contributed by atoms with E-state index in [0.717, 1.165) is 34.2 Å². The number of rotatable bonds is 4. The molecule has 0 aliphatic carbocycles. The maximum Gasteiger partial charge on any atom is 0.253 e. The Morgan fingerprint density at radius 1 is 1.03 bits per heavy atom. The van der Waals surface area contributed by atoms with Gasteiger partial charge in [-0.05, 0) is 41.3 Å². The van der Waals surface area contributed by atoms with E-state index in [1.54, 1.807) is 17.5 Å². The SMILES string of the molecule is O=C(c1ccc(-c2cccs2)cc1)N1CC[C@H](Oc2cccc3cccnc23)C1. The van der Waals surface area contributed by atoms with E-state index in [-0.39, 0.29) is 12.0 Å². The average Bonchev–Trinajstić information content (AvgIpc) is 3.46. The number of fused-ring (bicyclic) bond motifs is 1. The molecule has 1 aliphatic rings. The minimum atomic E-state index is -0.0167. The van der Waals surface area contributed by atoms with Crippen molar-refractivity contribution in [2.24, 2.45) is 0 Å². The Morgan fingerprint density at radius 3 is 2.72 bits per heavy atom. The van der Waals surface area contributed by atoms with Crippen molar-refractivity contribution in [1.82, 2.24) is 9.88 Å². The van der Waals surface area contributed by atoms with Gasteiger partial charge in [0.25, 0.3) is 5.91 Å². The lowest BCUT2D eigenvalue weighted by Gasteiger charge is -2.18. The van der Waals surface area contributed by atoms with Crippen molar-refractivity contribution in [3.8, 4) is 16.2 Å². The molecule has 29 heavy (non-hydrogen) atoms. The van der Waals surface area contributed by atoms with E-state index in [2.05, 4.69) is 16.4 Å². The lowest BCUT2D eigenvalue weighted by Crippen LogP contribution is -2.30. The summed E-state index contributed by atoms with van der Waals surface area (Å²) in [4.78, 5) is 20.5. The summed E-state index contributed by atoms with van der Waals surface area (Å²) in [6.07, 6.45) is 2.58. The van der Waals surface area contributed by atoms with E-state index in [4.69, 9.17) is 4.74 Å². The molecule has 1 aliphatic heterocycles. The third-order valence-corrected chi connectivity index (χ3v) is 6.18. The molecule has 0 radical (unpaired) electrons. The molecule has 5 rings (SSSR count). The molecule has 1 saturated heterocycles. The van der Waals surface area contributed by atoms with Gasteiger partial charge in [-0.1, -0.05) is 36.4 Å². The Bertz CT molecular complexity index is 1130. The Kier molecular flexibility index (Phi) is 4.74. The molecule has 2 aromatic heterocycles. The van der Waals surface area contributed by atoms with Crippen LogP contribution in [-0.4, -0.2) is 35.0 Å². The fourth-order valence-corrected chi connectivity index (χ4v) is 4.50. The Morgan fingerprint density at radius 2 is 1.90 bits per heavy atom. The first-order valence-electron chi connectivity index (χ1n) is 9.71. The zero-order chi connectivity index (χ0) is 19.6. The first-order chi connectivity index (χ1) is 14.3. The van der Waals surface area contributed by atoms with Crippen LogP contribution in [-0.2, 0) is 0 Å². The van der Waals surface area contributed by atoms with Gasteiger partial charge < -0.3 is 9.64 Å². The van der Waals surface area contributed by atoms with Gasteiger partial charge in [0, 0.05) is 35.0 Å². The molecule has 1 atom stereocenters. The summed E-state index contributed by atoms with van der Waals surface area (Å²) in [5, 5.41) is 3.12. The number of thiophene rings is 1. The van der Waals surface area contributed by atoms with Crippen molar-refractivity contribution in [1.29, 1.82) is 0 Å². The summed E-state index contributed by atoms with van der Waals surface area (Å²) in [5.74, 6) is 0.840. The van der Waals surface area contributed by atoms with Crippen molar-refractivity contribution in [2.75, 3.05) is 13.1 Å². The Labute approximate surface area is 173 Å². The van der Waals surface area contributed by atoms with Crippen LogP contribution in [0.4, 0.5) is 0 Å². The van der Waals surface area contributed by atoms with Crippen LogP contribution in [0.15, 0.2) is 78.3 Å². The number of hydrogen-bond acceptors (Lipinski definition) is 4. The van der Waals surface area contributed by atoms with E-state index in [1.807, 2.05) is 65.6 Å². The molecule has 0 N–H and O–H groups in total. The van der Waals surface area contributed by atoms with E-state index < -0.39 is 0 Å². The van der Waals surface area contributed by atoms with Gasteiger partial charge in [-0.15, -0.1) is 11.3 Å². The van der Waals surface area contributed by atoms with Crippen molar-refractivity contribution >= 4 is 28.1 Å². The first-order valence-corrected chi connectivity index (χ1v) is 10.6. The van der Waals surface area contributed by atoms with Crippen LogP contribution in [0, 0.1) is 0 Å². The summed E-state index contributed by atoms with van der Waals surface area (Å²) < 4.78 is 6.22. The highest BCUT2D eigenvalue weighted by Gasteiger charge is 2.28. The number of para-hydroxylation sites is 1. The van der Waals surface area contributed by atoms with E-state index >= 15 is 0 Å². The highest BCUT2D eigenvalue weighted by molar-refractivity contribution is 7.13. The number of hydrogen-bond donors (Lipinski definition) is 0. The van der Waals surface area contributed by atoms with Crippen LogP contribution in [0.5, 0.6) is 5.75 Å². The highest BCUT2D eigenvalue weighted by Crippen LogP contribution is 2.28. The normalized spacial score (nSPS) is 16.3. The van der Waals surface area contributed by atoms with Gasteiger partial charge in [0.2, 0.25) is 0 Å². The second-order valence-corrected chi connectivity index (χ2v) is 8.11. The Balaban J connectivity index is 1.27. The zero-order valence-electron chi connectivity index (χ0n) is 15.8. The van der Waals surface area contributed by atoms with Gasteiger partial charge in [0.15, 0.2) is 0 Å². The molecular weight excluding hydrogens is 380 g/mol. The lowest BCUT2D eigenvalue weighted by atomic mass is 10.1. The second-order valence-electron chi connectivity index (χ2n) is 7.17. The summed E-state index contributed by atoms with van der Waals surface area (Å²) >= 11 is 1.70. The number of amides is 1. The van der Waals surface area contributed by atoms with Crippen LogP contribution < -0.4 is 4.74 Å². The van der Waals surface area contributed by atoms with Crippen LogP contribution in [0.3, 0.4) is 0 Å². The average molecular weight is 401 g/mol. The fraction of sp³-hybridized carbons (Fsp3) is 0.167. The summed E-state index contributed by atoms with van der Waals surface area (Å²) in [7, 11) is 0. The van der Waals surface area contributed by atoms with E-state index in [9.17, 15) is 4.79 Å². The third-order valence-electron chi connectivity index (χ3n) is 5.26. The number of likely N-dealkylation sites (tertiary alicyclic amines) is 1. The predicted molar refractivity (Wildman–Crippen MR) is 116 cm³/mol. The molecule has 3 heterocycles. The first kappa shape index (κ1) is 17.9. The van der Waals surface area contributed by atoms with Gasteiger partial charge in [-0.2, -0.15) is 0 Å². The monoisotopic (exact) mass is 400 g/mol. The molecule has 144 valence electrons. The molecule has 0 bridgehead atoms. The maximum atomic E-state index is 12.9. The van der Waals surface area contributed by atoms with Gasteiger partial charge in [-0.25, -0.2) is 0 Å². The standard InChI is InChI=1S/C24H20N2O2S/c27-24(19-10-8-17(9-11-19)22-7-3-15-29-22)26-14-12-20(16-26)28-21-6-1-4-18-5-2-13-25-23(18)21/h1-11,13,15,20H,12,14,16H2/t20-/m0/s1. The van der Waals surface area contributed by atoms with Crippen molar-refractivity contribution < 1.29 is 9.53 Å². The lowest BCUT2D eigenvalue weighted by molar-refractivity contribution is 0.0773. The predicted octanol–water partition coefficient (Wildman–Crippen LogP) is 5.26. The van der Waals surface area contributed by atoms with Crippen LogP contribution >= 0.6 is 11.3 Å². The minimum absolute atomic E-state index is 0.0167. The summed E-state index contributed by atoms with van der Waals surface area (Å²) in [5.41, 5.74) is 2.73. The van der Waals surface area contributed by atoms with Crippen LogP contribution in [0.1, 0.15) is 16.8 Å². The molecule has 1 fully saturated rings. The molecule has 2 aromatic carbocycles. The number of benzene rings is 2. The van der Waals surface area contributed by atoms with E-state index in [0.29, 0.717) is 13.1 Å². The van der Waals surface area contributed by atoms with Crippen molar-refractivity contribution in [2.45, 2.75) is 12.5 Å². The van der Waals surface area contributed by atoms with Crippen molar-refractivity contribution in [3.05, 3.63) is 83.9 Å². The molecular formula is C24H20N2O2S. The quantitative estimate of drug-likeness (QED) is 0.469. The fourth-order valence-electron chi connectivity index (χ4n) is 3.76. The van der Waals surface area contributed by atoms with Crippen LogP contribution in [0.25, 0.3) is 21.3 Å². The molecule has 4 nitrogen and oxygen atoms in total. The molecule has 0 spiro atoms. The number of carbonyl (C=O) groups excluding carboxylic acids is 1. The molecule has 4 aromatic rings. The number of pyridine rings is 1. The minimum Gasteiger partial charge on any atom is -0.486 e. The second kappa shape index (κ2) is 7.68. The smallest absolute Gasteiger partial charge is 0.253 e. The Hall–Kier alpha value is -3.18. The largest absolute Gasteiger partial charge is 0.486 e. The maximum absolute atomic E-state index is 12.9.